The molecule has 0 N–H and O–H groups in total. The molecule has 2 aromatic rings. The van der Waals surface area contributed by atoms with Gasteiger partial charge in [-0.2, -0.15) is 0 Å². The van der Waals surface area contributed by atoms with Crippen LogP contribution in [0.15, 0.2) is 12.1 Å². The van der Waals surface area contributed by atoms with E-state index >= 15 is 0 Å². The Morgan fingerprint density at radius 2 is 1.96 bits per heavy atom. The van der Waals surface area contributed by atoms with Gasteiger partial charge in [0.1, 0.15) is 0 Å². The lowest BCUT2D eigenvalue weighted by molar-refractivity contribution is -0.122. The van der Waals surface area contributed by atoms with Crippen molar-refractivity contribution in [2.75, 3.05) is 18.1 Å². The van der Waals surface area contributed by atoms with Gasteiger partial charge in [-0.15, -0.1) is 0 Å². The van der Waals surface area contributed by atoms with Gasteiger partial charge in [0.25, 0.3) is 0 Å². The highest BCUT2D eigenvalue weighted by Gasteiger charge is 2.32. The van der Waals surface area contributed by atoms with Gasteiger partial charge in [-0.3, -0.25) is 9.69 Å². The number of fused-ring (bicyclic) bond motifs is 1. The third-order valence-corrected chi connectivity index (χ3v) is 6.76. The van der Waals surface area contributed by atoms with Gasteiger partial charge in [-0.05, 0) is 50.7 Å². The second kappa shape index (κ2) is 7.04. The van der Waals surface area contributed by atoms with E-state index in [-0.39, 0.29) is 17.9 Å². The minimum atomic E-state index is 0.152. The molecule has 0 radical (unpaired) electrons. The fraction of sp³-hybridized carbons (Fsp3) is 0.600. The number of carbonyl (C=O) groups excluding carboxylic acids is 1. The molecule has 2 heterocycles. The number of rotatable bonds is 4. The minimum Gasteiger partial charge on any atom is -0.376 e. The van der Waals surface area contributed by atoms with Gasteiger partial charge < -0.3 is 4.74 Å². The van der Waals surface area contributed by atoms with Crippen LogP contribution in [0.3, 0.4) is 0 Å². The summed E-state index contributed by atoms with van der Waals surface area (Å²) in [6.07, 6.45) is 6.66. The third-order valence-electron chi connectivity index (χ3n) is 5.54. The normalized spacial score (nSPS) is 21.3. The lowest BCUT2D eigenvalue weighted by Crippen LogP contribution is -2.40. The Bertz CT molecular complexity index is 734. The highest BCUT2D eigenvalue weighted by Crippen LogP contribution is 2.36. The SMILES string of the molecule is Cc1ccc(C)c2sc(N(C[C@H]3CCCO3)C(=O)C3CCCC3)nc12. The molecule has 1 saturated heterocycles. The van der Waals surface area contributed by atoms with Gasteiger partial charge in [0.15, 0.2) is 5.13 Å². The monoisotopic (exact) mass is 358 g/mol. The zero-order chi connectivity index (χ0) is 17.4. The first-order chi connectivity index (χ1) is 12.1. The van der Waals surface area contributed by atoms with Crippen LogP contribution in [0, 0.1) is 19.8 Å². The van der Waals surface area contributed by atoms with Gasteiger partial charge in [-0.1, -0.05) is 36.3 Å². The number of thiazole rings is 1. The summed E-state index contributed by atoms with van der Waals surface area (Å²) in [5.74, 6) is 0.415. The van der Waals surface area contributed by atoms with Crippen molar-refractivity contribution in [3.63, 3.8) is 0 Å². The number of aryl methyl sites for hydroxylation is 2. The van der Waals surface area contributed by atoms with Crippen molar-refractivity contribution in [1.82, 2.24) is 4.98 Å². The van der Waals surface area contributed by atoms with Crippen molar-refractivity contribution in [2.45, 2.75) is 58.5 Å². The maximum atomic E-state index is 13.2. The number of ether oxygens (including phenoxy) is 1. The van der Waals surface area contributed by atoms with E-state index in [1.807, 2.05) is 4.90 Å². The van der Waals surface area contributed by atoms with Gasteiger partial charge in [0, 0.05) is 12.5 Å². The standard InChI is InChI=1S/C20H26N2O2S/c1-13-9-10-14(2)18-17(13)21-20(25-18)22(12-16-8-5-11-24-16)19(23)15-6-3-4-7-15/h9-10,15-16H,3-8,11-12H2,1-2H3/t16-/m1/s1. The maximum absolute atomic E-state index is 13.2. The van der Waals surface area contributed by atoms with Crippen LogP contribution in [0.2, 0.25) is 0 Å². The Morgan fingerprint density at radius 3 is 2.64 bits per heavy atom. The largest absolute Gasteiger partial charge is 0.376 e. The van der Waals surface area contributed by atoms with Crippen molar-refractivity contribution >= 4 is 32.6 Å². The Hall–Kier alpha value is -1.46. The molecule has 0 unspecified atom stereocenters. The molecule has 134 valence electrons. The summed E-state index contributed by atoms with van der Waals surface area (Å²) in [6, 6.07) is 4.26. The van der Waals surface area contributed by atoms with Crippen LogP contribution in [0.1, 0.15) is 49.7 Å². The van der Waals surface area contributed by atoms with Crippen molar-refractivity contribution in [1.29, 1.82) is 0 Å². The molecule has 1 aliphatic heterocycles. The van der Waals surface area contributed by atoms with Crippen molar-refractivity contribution in [3.8, 4) is 0 Å². The molecule has 0 bridgehead atoms. The molecule has 1 aliphatic carbocycles. The molecule has 1 aromatic heterocycles. The Balaban J connectivity index is 1.70. The minimum absolute atomic E-state index is 0.152. The number of benzene rings is 1. The average molecular weight is 359 g/mol. The van der Waals surface area contributed by atoms with Crippen LogP contribution in [0.5, 0.6) is 0 Å². The summed E-state index contributed by atoms with van der Waals surface area (Å²) in [4.78, 5) is 20.0. The van der Waals surface area contributed by atoms with Crippen LogP contribution >= 0.6 is 11.3 Å². The smallest absolute Gasteiger partial charge is 0.231 e. The average Bonchev–Trinajstić information content (AvgIpc) is 3.36. The Morgan fingerprint density at radius 1 is 1.20 bits per heavy atom. The van der Waals surface area contributed by atoms with E-state index in [2.05, 4.69) is 26.0 Å². The number of hydrogen-bond donors (Lipinski definition) is 0. The summed E-state index contributed by atoms with van der Waals surface area (Å²) >= 11 is 1.66. The number of anilines is 1. The number of hydrogen-bond acceptors (Lipinski definition) is 4. The van der Waals surface area contributed by atoms with Gasteiger partial charge in [-0.25, -0.2) is 4.98 Å². The first kappa shape index (κ1) is 17.0. The van der Waals surface area contributed by atoms with Crippen LogP contribution < -0.4 is 4.90 Å². The predicted octanol–water partition coefficient (Wildman–Crippen LogP) is 4.62. The molecule has 5 heteroatoms. The Kier molecular flexibility index (Phi) is 4.78. The van der Waals surface area contributed by atoms with Crippen molar-refractivity contribution < 1.29 is 9.53 Å². The molecule has 2 fully saturated rings. The summed E-state index contributed by atoms with van der Waals surface area (Å²) in [5, 5.41) is 0.847. The summed E-state index contributed by atoms with van der Waals surface area (Å²) in [6.45, 7) is 5.67. The fourth-order valence-electron chi connectivity index (χ4n) is 4.01. The van der Waals surface area contributed by atoms with E-state index in [0.717, 1.165) is 42.9 Å². The molecule has 4 nitrogen and oxygen atoms in total. The van der Waals surface area contributed by atoms with E-state index in [4.69, 9.17) is 9.72 Å². The van der Waals surface area contributed by atoms with E-state index in [9.17, 15) is 4.79 Å². The zero-order valence-corrected chi connectivity index (χ0v) is 15.9. The number of nitrogens with zero attached hydrogens (tertiary/aromatic N) is 2. The molecule has 4 rings (SSSR count). The summed E-state index contributed by atoms with van der Waals surface area (Å²) in [7, 11) is 0. The molecule has 1 atom stereocenters. The van der Waals surface area contributed by atoms with E-state index in [1.165, 1.54) is 28.7 Å². The van der Waals surface area contributed by atoms with Crippen LogP contribution in [-0.2, 0) is 9.53 Å². The summed E-state index contributed by atoms with van der Waals surface area (Å²) in [5.41, 5.74) is 3.44. The maximum Gasteiger partial charge on any atom is 0.231 e. The first-order valence-corrected chi connectivity index (χ1v) is 10.2. The van der Waals surface area contributed by atoms with Gasteiger partial charge >= 0.3 is 0 Å². The van der Waals surface area contributed by atoms with Crippen molar-refractivity contribution in [2.24, 2.45) is 5.92 Å². The molecule has 1 amide bonds. The van der Waals surface area contributed by atoms with E-state index in [1.54, 1.807) is 11.3 Å². The number of carbonyl (C=O) groups is 1. The molecule has 0 spiro atoms. The van der Waals surface area contributed by atoms with E-state index < -0.39 is 0 Å². The molecular weight excluding hydrogens is 332 g/mol. The summed E-state index contributed by atoms with van der Waals surface area (Å²) < 4.78 is 7.02. The second-order valence-corrected chi connectivity index (χ2v) is 8.42. The number of aromatic nitrogens is 1. The lowest BCUT2D eigenvalue weighted by atomic mass is 10.1. The first-order valence-electron chi connectivity index (χ1n) is 9.43. The lowest BCUT2D eigenvalue weighted by Gasteiger charge is -2.25. The van der Waals surface area contributed by atoms with Crippen molar-refractivity contribution in [3.05, 3.63) is 23.3 Å². The van der Waals surface area contributed by atoms with Crippen LogP contribution in [0.4, 0.5) is 5.13 Å². The Labute approximate surface area is 153 Å². The quantitative estimate of drug-likeness (QED) is 0.801. The highest BCUT2D eigenvalue weighted by atomic mass is 32.1. The highest BCUT2D eigenvalue weighted by molar-refractivity contribution is 7.22. The van der Waals surface area contributed by atoms with Gasteiger partial charge in [0.05, 0.1) is 22.9 Å². The second-order valence-electron chi connectivity index (χ2n) is 7.44. The zero-order valence-electron chi connectivity index (χ0n) is 15.1. The van der Waals surface area contributed by atoms with Crippen LogP contribution in [0.25, 0.3) is 10.2 Å². The van der Waals surface area contributed by atoms with Crippen LogP contribution in [-0.4, -0.2) is 30.1 Å². The fourth-order valence-corrected chi connectivity index (χ4v) is 5.14. The number of amides is 1. The molecule has 1 aromatic carbocycles. The third kappa shape index (κ3) is 3.32. The van der Waals surface area contributed by atoms with Gasteiger partial charge in [0.2, 0.25) is 5.91 Å². The molecular formula is C20H26N2O2S. The molecule has 1 saturated carbocycles. The molecule has 2 aliphatic rings. The predicted molar refractivity (Wildman–Crippen MR) is 102 cm³/mol. The van der Waals surface area contributed by atoms with E-state index in [0.29, 0.717) is 6.54 Å². The topological polar surface area (TPSA) is 42.4 Å². The molecule has 25 heavy (non-hydrogen) atoms.